The molecule has 3 heterocycles. The average Bonchev–Trinajstić information content (AvgIpc) is 3.92. The number of hydrogen-bond acceptors (Lipinski definition) is 4. The average molecular weight is 877 g/mol. The minimum absolute atomic E-state index is 0.128. The number of benzene rings is 10. The van der Waals surface area contributed by atoms with Crippen LogP contribution in [-0.2, 0) is 5.41 Å². The number of hydrogen-bond donors (Lipinski definition) is 0. The van der Waals surface area contributed by atoms with Gasteiger partial charge in [0.15, 0.2) is 17.5 Å². The second-order valence-electron chi connectivity index (χ2n) is 18.2. The Morgan fingerprint density at radius 1 is 0.290 bits per heavy atom. The Bertz CT molecular complexity index is 3690. The van der Waals surface area contributed by atoms with Gasteiger partial charge in [-0.05, 0) is 104 Å². The van der Waals surface area contributed by atoms with E-state index in [-0.39, 0.29) is 6.71 Å². The monoisotopic (exact) mass is 876 g/mol. The Balaban J connectivity index is 0.991. The molecule has 0 amide bonds. The van der Waals surface area contributed by atoms with E-state index in [1.54, 1.807) is 0 Å². The van der Waals surface area contributed by atoms with Crippen LogP contribution < -0.4 is 21.3 Å². The fourth-order valence-corrected chi connectivity index (χ4v) is 11.7. The lowest BCUT2D eigenvalue weighted by atomic mass is 9.32. The third kappa shape index (κ3) is 6.00. The van der Waals surface area contributed by atoms with Crippen LogP contribution in [0.5, 0.6) is 0 Å². The largest absolute Gasteiger partial charge is 0.311 e. The van der Waals surface area contributed by atoms with Crippen molar-refractivity contribution in [1.82, 2.24) is 15.0 Å². The summed E-state index contributed by atoms with van der Waals surface area (Å²) in [6.45, 7) is 0.128. The first-order valence-corrected chi connectivity index (χ1v) is 23.7. The van der Waals surface area contributed by atoms with Crippen LogP contribution in [0.2, 0.25) is 0 Å². The zero-order valence-electron chi connectivity index (χ0n) is 37.5. The molecule has 4 nitrogen and oxygen atoms in total. The van der Waals surface area contributed by atoms with Crippen LogP contribution in [0.1, 0.15) is 22.3 Å². The van der Waals surface area contributed by atoms with E-state index in [1.807, 2.05) is 36.4 Å². The topological polar surface area (TPSA) is 41.9 Å². The van der Waals surface area contributed by atoms with Gasteiger partial charge in [0.1, 0.15) is 0 Å². The van der Waals surface area contributed by atoms with E-state index >= 15 is 0 Å². The summed E-state index contributed by atoms with van der Waals surface area (Å²) < 4.78 is 0. The van der Waals surface area contributed by atoms with Crippen LogP contribution in [0, 0.1) is 0 Å². The molecule has 1 spiro atoms. The van der Waals surface area contributed by atoms with Gasteiger partial charge in [0.05, 0.1) is 5.41 Å². The number of aromatic nitrogens is 3. The first kappa shape index (κ1) is 39.3. The Hall–Kier alpha value is -8.93. The van der Waals surface area contributed by atoms with Gasteiger partial charge in [-0.25, -0.2) is 15.0 Å². The molecule has 1 unspecified atom stereocenters. The summed E-state index contributed by atoms with van der Waals surface area (Å²) in [5.41, 5.74) is 22.2. The smallest absolute Gasteiger partial charge is 0.243 e. The Labute approximate surface area is 402 Å². The van der Waals surface area contributed by atoms with Gasteiger partial charge < -0.3 is 4.90 Å². The predicted octanol–water partition coefficient (Wildman–Crippen LogP) is 13.2. The molecule has 0 saturated heterocycles. The summed E-state index contributed by atoms with van der Waals surface area (Å²) in [4.78, 5) is 17.9. The molecule has 5 heteroatoms. The lowest BCUT2D eigenvalue weighted by molar-refractivity contribution is 0.776. The van der Waals surface area contributed by atoms with Crippen LogP contribution in [0.4, 0.5) is 17.1 Å². The molecule has 1 aliphatic carbocycles. The summed E-state index contributed by atoms with van der Waals surface area (Å²) in [5, 5.41) is 0. The maximum absolute atomic E-state index is 5.25. The van der Waals surface area contributed by atoms with Crippen LogP contribution in [0.25, 0.3) is 67.5 Å². The summed E-state index contributed by atoms with van der Waals surface area (Å²) in [7, 11) is 0. The standard InChI is InChI=1S/C64H41BN4/c1-5-18-43(19-6-1)61-66-62(44-20-7-2-8-21-44)68-63(67-61)46-35-39-51-50-38-34-45(42-32-36-49(37-33-42)69(47-22-9-3-10-23-47)48-24-11-4-12-25-48)40-56(50)64(57(51)41-46)54-28-14-16-31-59(54)65-58-30-15-13-26-52(58)53-27-17-29-55(64)60(53)65/h1-41H. The number of fused-ring (bicyclic) bond motifs is 12. The fourth-order valence-electron chi connectivity index (χ4n) is 11.7. The maximum atomic E-state index is 5.25. The van der Waals surface area contributed by atoms with Crippen molar-refractivity contribution in [2.75, 3.05) is 4.90 Å². The Kier molecular flexibility index (Phi) is 8.87. The summed E-state index contributed by atoms with van der Waals surface area (Å²) in [6, 6.07) is 90.1. The number of para-hydroxylation sites is 2. The molecule has 0 N–H and O–H groups in total. The highest BCUT2D eigenvalue weighted by atomic mass is 15.1. The molecular formula is C64H41BN4. The minimum atomic E-state index is -0.647. The van der Waals surface area contributed by atoms with Crippen LogP contribution in [0.3, 0.4) is 0 Å². The molecule has 11 aromatic rings. The van der Waals surface area contributed by atoms with Crippen molar-refractivity contribution in [3.63, 3.8) is 0 Å². The molecule has 3 aliphatic rings. The zero-order valence-corrected chi connectivity index (χ0v) is 37.5. The molecule has 1 atom stereocenters. The van der Waals surface area contributed by atoms with Gasteiger partial charge in [-0.15, -0.1) is 0 Å². The van der Waals surface area contributed by atoms with Crippen molar-refractivity contribution in [2.24, 2.45) is 0 Å². The molecule has 0 fully saturated rings. The third-order valence-corrected chi connectivity index (χ3v) is 14.6. The van der Waals surface area contributed by atoms with E-state index in [0.29, 0.717) is 17.5 Å². The van der Waals surface area contributed by atoms with Crippen LogP contribution >= 0.6 is 0 Å². The molecule has 320 valence electrons. The first-order valence-electron chi connectivity index (χ1n) is 23.7. The highest BCUT2D eigenvalue weighted by molar-refractivity contribution is 7.00. The van der Waals surface area contributed by atoms with Crippen molar-refractivity contribution in [1.29, 1.82) is 0 Å². The van der Waals surface area contributed by atoms with E-state index in [0.717, 1.165) is 39.3 Å². The van der Waals surface area contributed by atoms with Crippen molar-refractivity contribution < 1.29 is 0 Å². The summed E-state index contributed by atoms with van der Waals surface area (Å²) in [6.07, 6.45) is 0. The zero-order chi connectivity index (χ0) is 45.5. The van der Waals surface area contributed by atoms with Crippen molar-refractivity contribution in [3.05, 3.63) is 271 Å². The number of nitrogens with zero attached hydrogens (tertiary/aromatic N) is 4. The second kappa shape index (κ2) is 15.6. The first-order chi connectivity index (χ1) is 34.2. The molecule has 2 aliphatic heterocycles. The van der Waals surface area contributed by atoms with E-state index in [4.69, 9.17) is 15.0 Å². The summed E-state index contributed by atoms with van der Waals surface area (Å²) in [5.74, 6) is 1.94. The van der Waals surface area contributed by atoms with E-state index in [1.165, 1.54) is 66.5 Å². The highest BCUT2D eigenvalue weighted by Crippen LogP contribution is 2.58. The van der Waals surface area contributed by atoms with Crippen LogP contribution in [-0.4, -0.2) is 21.7 Å². The van der Waals surface area contributed by atoms with Gasteiger partial charge >= 0.3 is 0 Å². The maximum Gasteiger partial charge on any atom is 0.243 e. The highest BCUT2D eigenvalue weighted by Gasteiger charge is 2.54. The van der Waals surface area contributed by atoms with Gasteiger partial charge in [-0.2, -0.15) is 0 Å². The SMILES string of the molecule is c1ccc(-c2nc(-c3ccccc3)nc(-c3ccc4c(c3)C3(c5ccccc5B5c6ccccc6-c6cccc3c65)c3cc(-c5ccc(N(c6ccccc6)c6ccccc6)cc5)ccc3-4)n2)cc1. The molecular weight excluding hydrogens is 836 g/mol. The van der Waals surface area contributed by atoms with E-state index in [9.17, 15) is 0 Å². The molecule has 69 heavy (non-hydrogen) atoms. The summed E-state index contributed by atoms with van der Waals surface area (Å²) >= 11 is 0. The third-order valence-electron chi connectivity index (χ3n) is 14.6. The molecule has 0 radical (unpaired) electrons. The van der Waals surface area contributed by atoms with Gasteiger partial charge in [0.25, 0.3) is 0 Å². The molecule has 1 aromatic heterocycles. The lowest BCUT2D eigenvalue weighted by Gasteiger charge is -2.42. The molecule has 10 aromatic carbocycles. The van der Waals surface area contributed by atoms with Gasteiger partial charge in [-0.3, -0.25) is 0 Å². The van der Waals surface area contributed by atoms with Crippen molar-refractivity contribution in [3.8, 4) is 67.5 Å². The van der Waals surface area contributed by atoms with Gasteiger partial charge in [-0.1, -0.05) is 217 Å². The van der Waals surface area contributed by atoms with Crippen molar-refractivity contribution >= 4 is 40.2 Å². The van der Waals surface area contributed by atoms with Crippen LogP contribution in [0.15, 0.2) is 249 Å². The fraction of sp³-hybridized carbons (Fsp3) is 0.0156. The normalized spacial score (nSPS) is 14.4. The number of rotatable bonds is 7. The second-order valence-corrected chi connectivity index (χ2v) is 18.2. The van der Waals surface area contributed by atoms with E-state index in [2.05, 4.69) is 217 Å². The van der Waals surface area contributed by atoms with Gasteiger partial charge in [0, 0.05) is 33.8 Å². The van der Waals surface area contributed by atoms with E-state index < -0.39 is 5.41 Å². The Morgan fingerprint density at radius 3 is 1.36 bits per heavy atom. The molecule has 0 bridgehead atoms. The molecule has 0 saturated carbocycles. The quantitative estimate of drug-likeness (QED) is 0.150. The Morgan fingerprint density at radius 2 is 0.739 bits per heavy atom. The predicted molar refractivity (Wildman–Crippen MR) is 284 cm³/mol. The number of anilines is 3. The van der Waals surface area contributed by atoms with Gasteiger partial charge in [0.2, 0.25) is 6.71 Å². The molecule has 14 rings (SSSR count). The van der Waals surface area contributed by atoms with Crippen molar-refractivity contribution in [2.45, 2.75) is 5.41 Å². The lowest BCUT2D eigenvalue weighted by Crippen LogP contribution is -2.59. The minimum Gasteiger partial charge on any atom is -0.311 e.